The summed E-state index contributed by atoms with van der Waals surface area (Å²) in [6.45, 7) is 0.0139. The predicted octanol–water partition coefficient (Wildman–Crippen LogP) is 2.90. The molecule has 0 aliphatic carbocycles. The number of carbonyl (C=O) groups is 1. The number of rotatable bonds is 3. The Morgan fingerprint density at radius 1 is 1.29 bits per heavy atom. The molecule has 2 nitrogen and oxygen atoms in total. The van der Waals surface area contributed by atoms with Crippen molar-refractivity contribution in [2.24, 2.45) is 0 Å². The van der Waals surface area contributed by atoms with Crippen LogP contribution in [0.15, 0.2) is 24.3 Å². The Kier molecular flexibility index (Phi) is 4.40. The third-order valence-electron chi connectivity index (χ3n) is 2.24. The van der Waals surface area contributed by atoms with Crippen LogP contribution in [0.5, 0.6) is 0 Å². The molecule has 0 aliphatic heterocycles. The van der Waals surface area contributed by atoms with Crippen LogP contribution < -0.4 is 0 Å². The van der Waals surface area contributed by atoms with Crippen molar-refractivity contribution in [2.75, 3.05) is 13.6 Å². The van der Waals surface area contributed by atoms with Crippen LogP contribution in [-0.4, -0.2) is 30.6 Å². The molecule has 0 atom stereocenters. The highest BCUT2D eigenvalue weighted by Gasteiger charge is 2.40. The lowest BCUT2D eigenvalue weighted by Gasteiger charge is -2.18. The Hall–Kier alpha value is -1.23. The van der Waals surface area contributed by atoms with Gasteiger partial charge in [0.1, 0.15) is 0 Å². The Morgan fingerprint density at radius 3 is 2.29 bits per heavy atom. The summed E-state index contributed by atoms with van der Waals surface area (Å²) in [6.07, 6.45) is -4.45. The van der Waals surface area contributed by atoms with Gasteiger partial charge in [0.2, 0.25) is 0 Å². The summed E-state index contributed by atoms with van der Waals surface area (Å²) in [5.74, 6) is -1.83. The van der Waals surface area contributed by atoms with E-state index in [-0.39, 0.29) is 6.54 Å². The molecule has 0 radical (unpaired) electrons. The van der Waals surface area contributed by atoms with E-state index in [9.17, 15) is 18.0 Å². The van der Waals surface area contributed by atoms with E-state index < -0.39 is 12.1 Å². The van der Waals surface area contributed by atoms with Crippen molar-refractivity contribution in [2.45, 2.75) is 12.6 Å². The summed E-state index contributed by atoms with van der Waals surface area (Å²) in [7, 11) is 1.13. The molecule has 1 rings (SSSR count). The van der Waals surface area contributed by atoms with Crippen LogP contribution in [0.1, 0.15) is 5.56 Å². The highest BCUT2D eigenvalue weighted by atomic mass is 35.5. The zero-order chi connectivity index (χ0) is 13.1. The van der Waals surface area contributed by atoms with E-state index in [4.69, 9.17) is 11.6 Å². The first-order chi connectivity index (χ1) is 7.80. The number of nitrogens with zero attached hydrogens (tertiary/aromatic N) is 1. The van der Waals surface area contributed by atoms with Gasteiger partial charge < -0.3 is 4.90 Å². The van der Waals surface area contributed by atoms with Crippen LogP contribution in [-0.2, 0) is 11.2 Å². The van der Waals surface area contributed by atoms with E-state index in [2.05, 4.69) is 0 Å². The molecule has 1 amide bonds. The molecule has 0 bridgehead atoms. The minimum Gasteiger partial charge on any atom is -0.338 e. The zero-order valence-corrected chi connectivity index (χ0v) is 9.85. The first kappa shape index (κ1) is 13.8. The van der Waals surface area contributed by atoms with Gasteiger partial charge in [0, 0.05) is 18.6 Å². The predicted molar refractivity (Wildman–Crippen MR) is 58.8 cm³/mol. The molecule has 6 heteroatoms. The van der Waals surface area contributed by atoms with E-state index in [1.165, 1.54) is 0 Å². The number of alkyl halides is 3. The van der Waals surface area contributed by atoms with E-state index in [1.807, 2.05) is 0 Å². The van der Waals surface area contributed by atoms with E-state index >= 15 is 0 Å². The van der Waals surface area contributed by atoms with Gasteiger partial charge in [0.25, 0.3) is 0 Å². The zero-order valence-electron chi connectivity index (χ0n) is 9.09. The van der Waals surface area contributed by atoms with Gasteiger partial charge >= 0.3 is 12.1 Å². The Balaban J connectivity index is 2.51. The molecule has 0 N–H and O–H groups in total. The Morgan fingerprint density at radius 2 is 1.82 bits per heavy atom. The smallest absolute Gasteiger partial charge is 0.338 e. The average Bonchev–Trinajstić information content (AvgIpc) is 2.25. The maximum atomic E-state index is 12.1. The van der Waals surface area contributed by atoms with Crippen LogP contribution >= 0.6 is 11.6 Å². The average molecular weight is 266 g/mol. The minimum atomic E-state index is -4.81. The molecule has 1 aromatic rings. The van der Waals surface area contributed by atoms with Gasteiger partial charge in [0.15, 0.2) is 0 Å². The van der Waals surface area contributed by atoms with Gasteiger partial charge in [-0.3, -0.25) is 4.79 Å². The van der Waals surface area contributed by atoms with Crippen LogP contribution in [0.2, 0.25) is 5.02 Å². The van der Waals surface area contributed by atoms with Crippen LogP contribution in [0.3, 0.4) is 0 Å². The van der Waals surface area contributed by atoms with Crippen LogP contribution in [0.4, 0.5) is 13.2 Å². The SMILES string of the molecule is CN(CCc1ccc(Cl)cc1)C(=O)C(F)(F)F. The second-order valence-corrected chi connectivity index (χ2v) is 4.04. The normalized spacial score (nSPS) is 11.4. The molecular weight excluding hydrogens is 255 g/mol. The van der Waals surface area contributed by atoms with E-state index in [1.54, 1.807) is 24.3 Å². The van der Waals surface area contributed by atoms with Crippen LogP contribution in [0, 0.1) is 0 Å². The summed E-state index contributed by atoms with van der Waals surface area (Å²) in [5.41, 5.74) is 0.830. The van der Waals surface area contributed by atoms with Gasteiger partial charge in [-0.25, -0.2) is 0 Å². The molecule has 1 aromatic carbocycles. The summed E-state index contributed by atoms with van der Waals surface area (Å²) in [5, 5.41) is 0.563. The molecule has 0 aliphatic rings. The fourth-order valence-electron chi connectivity index (χ4n) is 1.27. The first-order valence-electron chi connectivity index (χ1n) is 4.87. The van der Waals surface area contributed by atoms with Crippen molar-refractivity contribution in [3.8, 4) is 0 Å². The lowest BCUT2D eigenvalue weighted by Crippen LogP contribution is -2.39. The number of benzene rings is 1. The minimum absolute atomic E-state index is 0.0139. The fraction of sp³-hybridized carbons (Fsp3) is 0.364. The Labute approximate surface area is 102 Å². The highest BCUT2D eigenvalue weighted by Crippen LogP contribution is 2.18. The molecule has 0 aromatic heterocycles. The van der Waals surface area contributed by atoms with Crippen molar-refractivity contribution in [3.63, 3.8) is 0 Å². The van der Waals surface area contributed by atoms with Gasteiger partial charge in [-0.05, 0) is 24.1 Å². The van der Waals surface area contributed by atoms with Gasteiger partial charge in [0.05, 0.1) is 0 Å². The number of hydrogen-bond donors (Lipinski definition) is 0. The van der Waals surface area contributed by atoms with Crippen molar-refractivity contribution in [3.05, 3.63) is 34.9 Å². The molecule has 17 heavy (non-hydrogen) atoms. The molecule has 0 heterocycles. The number of likely N-dealkylation sites (N-methyl/N-ethyl adjacent to an activating group) is 1. The number of amides is 1. The summed E-state index contributed by atoms with van der Waals surface area (Å²) < 4.78 is 36.2. The lowest BCUT2D eigenvalue weighted by atomic mass is 10.1. The molecule has 0 saturated heterocycles. The molecular formula is C11H11ClF3NO. The fourth-order valence-corrected chi connectivity index (χ4v) is 1.39. The second-order valence-electron chi connectivity index (χ2n) is 3.60. The molecule has 0 spiro atoms. The quantitative estimate of drug-likeness (QED) is 0.823. The maximum absolute atomic E-state index is 12.1. The highest BCUT2D eigenvalue weighted by molar-refractivity contribution is 6.30. The first-order valence-corrected chi connectivity index (χ1v) is 5.25. The molecule has 0 unspecified atom stereocenters. The number of carbonyl (C=O) groups excluding carboxylic acids is 1. The summed E-state index contributed by atoms with van der Waals surface area (Å²) >= 11 is 5.67. The third kappa shape index (κ3) is 4.26. The van der Waals surface area contributed by atoms with E-state index in [0.29, 0.717) is 16.3 Å². The number of halogens is 4. The van der Waals surface area contributed by atoms with Gasteiger partial charge in [-0.15, -0.1) is 0 Å². The summed E-state index contributed by atoms with van der Waals surface area (Å²) in [6, 6.07) is 6.74. The molecule has 0 fully saturated rings. The van der Waals surface area contributed by atoms with Crippen molar-refractivity contribution in [1.29, 1.82) is 0 Å². The largest absolute Gasteiger partial charge is 0.471 e. The van der Waals surface area contributed by atoms with Crippen molar-refractivity contribution >= 4 is 17.5 Å². The summed E-state index contributed by atoms with van der Waals surface area (Å²) in [4.78, 5) is 11.5. The maximum Gasteiger partial charge on any atom is 0.471 e. The van der Waals surface area contributed by atoms with Crippen molar-refractivity contribution in [1.82, 2.24) is 4.90 Å². The van der Waals surface area contributed by atoms with Crippen LogP contribution in [0.25, 0.3) is 0 Å². The van der Waals surface area contributed by atoms with E-state index in [0.717, 1.165) is 12.6 Å². The van der Waals surface area contributed by atoms with Gasteiger partial charge in [-0.1, -0.05) is 23.7 Å². The Bertz CT molecular complexity index is 389. The molecule has 94 valence electrons. The second kappa shape index (κ2) is 5.40. The van der Waals surface area contributed by atoms with Crippen molar-refractivity contribution < 1.29 is 18.0 Å². The monoisotopic (exact) mass is 265 g/mol. The number of hydrogen-bond acceptors (Lipinski definition) is 1. The standard InChI is InChI=1S/C11H11ClF3NO/c1-16(10(17)11(13,14)15)7-6-8-2-4-9(12)5-3-8/h2-5H,6-7H2,1H3. The third-order valence-corrected chi connectivity index (χ3v) is 2.49. The lowest BCUT2D eigenvalue weighted by molar-refractivity contribution is -0.184. The molecule has 0 saturated carbocycles. The topological polar surface area (TPSA) is 20.3 Å². The van der Waals surface area contributed by atoms with Gasteiger partial charge in [-0.2, -0.15) is 13.2 Å².